The molecule has 1 saturated heterocycles. The number of nitrogens with zero attached hydrogens (tertiary/aromatic N) is 1. The molecule has 0 saturated carbocycles. The first-order valence-electron chi connectivity index (χ1n) is 7.06. The summed E-state index contributed by atoms with van der Waals surface area (Å²) in [7, 11) is 0. The van der Waals surface area contributed by atoms with Crippen LogP contribution in [-0.4, -0.2) is 27.8 Å². The highest BCUT2D eigenvalue weighted by atomic mass is 32.2. The van der Waals surface area contributed by atoms with Gasteiger partial charge in [0.05, 0.1) is 11.5 Å². The molecule has 0 aromatic heterocycles. The smallest absolute Gasteiger partial charge is 0.266 e. The molecule has 1 aliphatic rings. The van der Waals surface area contributed by atoms with Gasteiger partial charge in [0.2, 0.25) is 0 Å². The normalized spacial score (nSPS) is 18.4. The highest BCUT2D eigenvalue weighted by molar-refractivity contribution is 8.26. The van der Waals surface area contributed by atoms with Gasteiger partial charge in [-0.3, -0.25) is 9.69 Å². The van der Waals surface area contributed by atoms with Gasteiger partial charge in [0.1, 0.15) is 10.1 Å². The van der Waals surface area contributed by atoms with Crippen LogP contribution in [0.3, 0.4) is 0 Å². The zero-order valence-corrected chi connectivity index (χ0v) is 14.1. The average molecular weight is 321 g/mol. The van der Waals surface area contributed by atoms with E-state index in [0.29, 0.717) is 15.8 Å². The zero-order valence-electron chi connectivity index (χ0n) is 12.5. The number of carbonyl (C=O) groups is 1. The average Bonchev–Trinajstić information content (AvgIpc) is 2.75. The van der Waals surface area contributed by atoms with E-state index in [0.717, 1.165) is 17.7 Å². The molecule has 0 bridgehead atoms. The van der Waals surface area contributed by atoms with Crippen molar-refractivity contribution in [2.45, 2.75) is 33.2 Å². The summed E-state index contributed by atoms with van der Waals surface area (Å²) >= 11 is 6.69. The Hall–Kier alpha value is -1.33. The lowest BCUT2D eigenvalue weighted by molar-refractivity contribution is -0.123. The Kier molecular flexibility index (Phi) is 5.42. The number of rotatable bonds is 5. The van der Waals surface area contributed by atoms with Crippen LogP contribution < -0.4 is 4.74 Å². The molecular formula is C16H19NO2S2. The van der Waals surface area contributed by atoms with Gasteiger partial charge in [-0.05, 0) is 44.0 Å². The molecule has 1 aromatic rings. The first-order valence-corrected chi connectivity index (χ1v) is 8.29. The lowest BCUT2D eigenvalue weighted by Crippen LogP contribution is -2.36. The van der Waals surface area contributed by atoms with Gasteiger partial charge < -0.3 is 4.74 Å². The van der Waals surface area contributed by atoms with E-state index in [1.807, 2.05) is 44.2 Å². The Balaban J connectivity index is 2.18. The summed E-state index contributed by atoms with van der Waals surface area (Å²) in [6, 6.07) is 7.85. The van der Waals surface area contributed by atoms with Crippen molar-refractivity contribution in [2.24, 2.45) is 0 Å². The van der Waals surface area contributed by atoms with E-state index in [2.05, 4.69) is 6.92 Å². The standard InChI is InChI=1S/C16H19NO2S2/c1-4-11(3)17-15(18)14(21-16(17)20)10-12-6-8-13(9-7-12)19-5-2/h6-11H,4-5H2,1-3H3. The highest BCUT2D eigenvalue weighted by Crippen LogP contribution is 2.34. The molecule has 2 rings (SSSR count). The number of thioether (sulfide) groups is 1. The Labute approximate surface area is 135 Å². The molecule has 3 nitrogen and oxygen atoms in total. The quantitative estimate of drug-likeness (QED) is 0.603. The fourth-order valence-corrected chi connectivity index (χ4v) is 3.48. The van der Waals surface area contributed by atoms with Crippen LogP contribution in [0, 0.1) is 0 Å². The number of benzene rings is 1. The SMILES string of the molecule is CCOc1ccc(C=C2SC(=S)N(C(C)CC)C2=O)cc1. The Morgan fingerprint density at radius 2 is 2.00 bits per heavy atom. The molecular weight excluding hydrogens is 302 g/mol. The van der Waals surface area contributed by atoms with Crippen molar-refractivity contribution in [1.29, 1.82) is 0 Å². The maximum Gasteiger partial charge on any atom is 0.266 e. The van der Waals surface area contributed by atoms with E-state index < -0.39 is 0 Å². The summed E-state index contributed by atoms with van der Waals surface area (Å²) in [5, 5.41) is 0. The fraction of sp³-hybridized carbons (Fsp3) is 0.375. The van der Waals surface area contributed by atoms with Crippen LogP contribution in [0.2, 0.25) is 0 Å². The van der Waals surface area contributed by atoms with Crippen molar-refractivity contribution < 1.29 is 9.53 Å². The van der Waals surface area contributed by atoms with Gasteiger partial charge in [0, 0.05) is 6.04 Å². The Bertz CT molecular complexity index is 566. The van der Waals surface area contributed by atoms with Crippen molar-refractivity contribution >= 4 is 40.3 Å². The van der Waals surface area contributed by atoms with Gasteiger partial charge in [0.25, 0.3) is 5.91 Å². The van der Waals surface area contributed by atoms with Crippen LogP contribution in [-0.2, 0) is 4.79 Å². The molecule has 1 unspecified atom stereocenters. The number of hydrogen-bond donors (Lipinski definition) is 0. The Morgan fingerprint density at radius 1 is 1.33 bits per heavy atom. The number of thiocarbonyl (C=S) groups is 1. The van der Waals surface area contributed by atoms with E-state index in [-0.39, 0.29) is 11.9 Å². The third-order valence-electron chi connectivity index (χ3n) is 3.34. The summed E-state index contributed by atoms with van der Waals surface area (Å²) in [5.74, 6) is 0.843. The van der Waals surface area contributed by atoms with Gasteiger partial charge in [-0.1, -0.05) is 43.0 Å². The van der Waals surface area contributed by atoms with Gasteiger partial charge in [-0.2, -0.15) is 0 Å². The monoisotopic (exact) mass is 321 g/mol. The first-order chi connectivity index (χ1) is 10.1. The largest absolute Gasteiger partial charge is 0.494 e. The number of hydrogen-bond acceptors (Lipinski definition) is 4. The molecule has 1 amide bonds. The third-order valence-corrected chi connectivity index (χ3v) is 4.67. The number of ether oxygens (including phenoxy) is 1. The van der Waals surface area contributed by atoms with Crippen LogP contribution in [0.15, 0.2) is 29.2 Å². The van der Waals surface area contributed by atoms with Crippen molar-refractivity contribution in [3.05, 3.63) is 34.7 Å². The van der Waals surface area contributed by atoms with Crippen molar-refractivity contribution in [3.63, 3.8) is 0 Å². The molecule has 1 atom stereocenters. The zero-order chi connectivity index (χ0) is 15.4. The molecule has 112 valence electrons. The molecule has 0 spiro atoms. The van der Waals surface area contributed by atoms with Crippen molar-refractivity contribution in [1.82, 2.24) is 4.90 Å². The predicted octanol–water partition coefficient (Wildman–Crippen LogP) is 4.09. The summed E-state index contributed by atoms with van der Waals surface area (Å²) in [4.78, 5) is 14.8. The molecule has 21 heavy (non-hydrogen) atoms. The molecule has 0 aliphatic carbocycles. The molecule has 1 aromatic carbocycles. The van der Waals surface area contributed by atoms with Crippen LogP contribution in [0.5, 0.6) is 5.75 Å². The molecule has 1 fully saturated rings. The van der Waals surface area contributed by atoms with Gasteiger partial charge >= 0.3 is 0 Å². The van der Waals surface area contributed by atoms with Crippen molar-refractivity contribution in [3.8, 4) is 5.75 Å². The van der Waals surface area contributed by atoms with E-state index in [4.69, 9.17) is 17.0 Å². The van der Waals surface area contributed by atoms with Gasteiger partial charge in [0.15, 0.2) is 0 Å². The minimum Gasteiger partial charge on any atom is -0.494 e. The van der Waals surface area contributed by atoms with E-state index >= 15 is 0 Å². The molecule has 1 heterocycles. The third kappa shape index (κ3) is 3.66. The van der Waals surface area contributed by atoms with Crippen molar-refractivity contribution in [2.75, 3.05) is 6.61 Å². The second-order valence-corrected chi connectivity index (χ2v) is 6.49. The second-order valence-electron chi connectivity index (χ2n) is 4.81. The second kappa shape index (κ2) is 7.09. The van der Waals surface area contributed by atoms with Crippen LogP contribution in [0.1, 0.15) is 32.8 Å². The minimum absolute atomic E-state index is 0.00762. The molecule has 0 N–H and O–H groups in total. The lowest BCUT2D eigenvalue weighted by atomic mass is 10.2. The predicted molar refractivity (Wildman–Crippen MR) is 92.4 cm³/mol. The number of amides is 1. The summed E-state index contributed by atoms with van der Waals surface area (Å²) in [6.07, 6.45) is 2.78. The summed E-state index contributed by atoms with van der Waals surface area (Å²) in [5.41, 5.74) is 0.975. The van der Waals surface area contributed by atoms with E-state index in [1.54, 1.807) is 4.90 Å². The van der Waals surface area contributed by atoms with Crippen LogP contribution >= 0.6 is 24.0 Å². The molecule has 5 heteroatoms. The number of carbonyl (C=O) groups excluding carboxylic acids is 1. The van der Waals surface area contributed by atoms with Gasteiger partial charge in [-0.15, -0.1) is 0 Å². The lowest BCUT2D eigenvalue weighted by Gasteiger charge is -2.21. The van der Waals surface area contributed by atoms with E-state index in [1.165, 1.54) is 11.8 Å². The maximum absolute atomic E-state index is 12.4. The Morgan fingerprint density at radius 3 is 2.57 bits per heavy atom. The topological polar surface area (TPSA) is 29.5 Å². The van der Waals surface area contributed by atoms with Crippen LogP contribution in [0.25, 0.3) is 6.08 Å². The maximum atomic E-state index is 12.4. The van der Waals surface area contributed by atoms with Gasteiger partial charge in [-0.25, -0.2) is 0 Å². The first kappa shape index (κ1) is 16.0. The minimum atomic E-state index is 0.00762. The highest BCUT2D eigenvalue weighted by Gasteiger charge is 2.34. The fourth-order valence-electron chi connectivity index (χ4n) is 2.02. The van der Waals surface area contributed by atoms with E-state index in [9.17, 15) is 4.79 Å². The van der Waals surface area contributed by atoms with Crippen LogP contribution in [0.4, 0.5) is 0 Å². The summed E-state index contributed by atoms with van der Waals surface area (Å²) in [6.45, 7) is 6.67. The molecule has 0 radical (unpaired) electrons. The summed E-state index contributed by atoms with van der Waals surface area (Å²) < 4.78 is 6.06. The molecule has 1 aliphatic heterocycles.